The number of hydrogen-bond donors (Lipinski definition) is 0. The summed E-state index contributed by atoms with van der Waals surface area (Å²) in [6.07, 6.45) is 3.79. The summed E-state index contributed by atoms with van der Waals surface area (Å²) in [6.45, 7) is 4.97. The second-order valence-corrected chi connectivity index (χ2v) is 10.0. The Morgan fingerprint density at radius 2 is 2.15 bits per heavy atom. The lowest BCUT2D eigenvalue weighted by Crippen LogP contribution is -2.41. The molecule has 0 N–H and O–H groups in total. The van der Waals surface area contributed by atoms with Gasteiger partial charge in [-0.2, -0.15) is 0 Å². The normalized spacial score (nSPS) is 26.2. The minimum Gasteiger partial charge on any atom is -0.462 e. The lowest BCUT2D eigenvalue weighted by molar-refractivity contribution is 0.0502. The summed E-state index contributed by atoms with van der Waals surface area (Å²) in [5.74, 6) is -0.227. The number of ether oxygens (including phenoxy) is 1. The van der Waals surface area contributed by atoms with Crippen LogP contribution in [0.15, 0.2) is 30.3 Å². The molecule has 0 aromatic heterocycles. The number of esters is 1. The van der Waals surface area contributed by atoms with Crippen molar-refractivity contribution in [2.24, 2.45) is 0 Å². The van der Waals surface area contributed by atoms with Crippen LogP contribution < -0.4 is 0 Å². The van der Waals surface area contributed by atoms with Crippen molar-refractivity contribution in [3.63, 3.8) is 0 Å². The van der Waals surface area contributed by atoms with E-state index >= 15 is 0 Å². The van der Waals surface area contributed by atoms with Crippen LogP contribution >= 0.6 is 0 Å². The van der Waals surface area contributed by atoms with E-state index in [1.165, 1.54) is 18.9 Å². The predicted molar refractivity (Wildman–Crippen MR) is 82.4 cm³/mol. The molecule has 1 fully saturated rings. The Bertz CT molecular complexity index is 435. The van der Waals surface area contributed by atoms with Gasteiger partial charge in [0.2, 0.25) is 0 Å². The van der Waals surface area contributed by atoms with Gasteiger partial charge in [0.25, 0.3) is 0 Å². The molecule has 2 rings (SSSR count). The molecule has 110 valence electrons. The number of benzene rings is 1. The molecule has 1 aliphatic heterocycles. The molecule has 2 atom stereocenters. The van der Waals surface area contributed by atoms with Gasteiger partial charge >= 0.3 is 5.97 Å². The van der Waals surface area contributed by atoms with Crippen LogP contribution in [0.5, 0.6) is 0 Å². The molecule has 1 aromatic carbocycles. The second-order valence-electron chi connectivity index (χ2n) is 5.88. The van der Waals surface area contributed by atoms with Crippen LogP contribution in [0.3, 0.4) is 0 Å². The predicted octanol–water partition coefficient (Wildman–Crippen LogP) is 4.01. The quantitative estimate of drug-likeness (QED) is 0.467. The summed E-state index contributed by atoms with van der Waals surface area (Å²) in [5, 5.41) is 0. The fourth-order valence-electron chi connectivity index (χ4n) is 2.82. The molecule has 1 heterocycles. The third kappa shape index (κ3) is 4.46. The van der Waals surface area contributed by atoms with Gasteiger partial charge in [-0.25, -0.2) is 4.79 Å². The second kappa shape index (κ2) is 7.04. The van der Waals surface area contributed by atoms with Crippen LogP contribution in [0.2, 0.25) is 18.6 Å². The summed E-state index contributed by atoms with van der Waals surface area (Å²) in [7, 11) is -1.54. The third-order valence-corrected chi connectivity index (χ3v) is 7.69. The topological polar surface area (TPSA) is 35.5 Å². The van der Waals surface area contributed by atoms with Gasteiger partial charge < -0.3 is 9.16 Å². The zero-order valence-electron chi connectivity index (χ0n) is 12.4. The Morgan fingerprint density at radius 1 is 1.40 bits per heavy atom. The standard InChI is InChI=1S/C16H24O3Si/c1-14-8-6-12-20(2,19-14)13-7-11-18-16(17)15-9-4-3-5-10-15/h3-5,9-10,14H,6-8,11-13H2,1-2H3. The van der Waals surface area contributed by atoms with Crippen LogP contribution in [-0.4, -0.2) is 27.0 Å². The summed E-state index contributed by atoms with van der Waals surface area (Å²) >= 11 is 0. The third-order valence-electron chi connectivity index (χ3n) is 3.89. The maximum Gasteiger partial charge on any atom is 0.338 e. The smallest absolute Gasteiger partial charge is 0.338 e. The molecule has 20 heavy (non-hydrogen) atoms. The zero-order valence-corrected chi connectivity index (χ0v) is 13.4. The largest absolute Gasteiger partial charge is 0.462 e. The molecule has 0 bridgehead atoms. The monoisotopic (exact) mass is 292 g/mol. The van der Waals surface area contributed by atoms with Crippen LogP contribution in [0.25, 0.3) is 0 Å². The maximum atomic E-state index is 11.8. The Hall–Kier alpha value is -1.13. The maximum absolute atomic E-state index is 11.8. The highest BCUT2D eigenvalue weighted by Crippen LogP contribution is 2.29. The summed E-state index contributed by atoms with van der Waals surface area (Å²) in [6, 6.07) is 11.5. The highest BCUT2D eigenvalue weighted by molar-refractivity contribution is 6.72. The van der Waals surface area contributed by atoms with Crippen LogP contribution in [-0.2, 0) is 9.16 Å². The molecule has 3 nitrogen and oxygen atoms in total. The summed E-state index contributed by atoms with van der Waals surface area (Å²) in [4.78, 5) is 11.8. The molecule has 0 aliphatic carbocycles. The summed E-state index contributed by atoms with van der Waals surface area (Å²) in [5.41, 5.74) is 0.624. The average molecular weight is 292 g/mol. The molecule has 1 aliphatic rings. The van der Waals surface area contributed by atoms with E-state index in [0.717, 1.165) is 12.5 Å². The molecule has 1 saturated heterocycles. The fraction of sp³-hybridized carbons (Fsp3) is 0.562. The van der Waals surface area contributed by atoms with Gasteiger partial charge in [-0.05, 0) is 50.5 Å². The Balaban J connectivity index is 1.70. The molecule has 1 aromatic rings. The van der Waals surface area contributed by atoms with E-state index in [-0.39, 0.29) is 5.97 Å². The Morgan fingerprint density at radius 3 is 2.85 bits per heavy atom. The van der Waals surface area contributed by atoms with Crippen LogP contribution in [0, 0.1) is 0 Å². The van der Waals surface area contributed by atoms with Crippen molar-refractivity contribution in [2.45, 2.75) is 50.9 Å². The first kappa shape index (κ1) is 15.3. The lowest BCUT2D eigenvalue weighted by Gasteiger charge is -2.35. The minimum absolute atomic E-state index is 0.227. The van der Waals surface area contributed by atoms with Gasteiger partial charge in [0.15, 0.2) is 8.32 Å². The van der Waals surface area contributed by atoms with Crippen LogP contribution in [0.4, 0.5) is 0 Å². The van der Waals surface area contributed by atoms with Gasteiger partial charge in [0.1, 0.15) is 0 Å². The number of rotatable bonds is 5. The van der Waals surface area contributed by atoms with Crippen molar-refractivity contribution in [2.75, 3.05) is 6.61 Å². The number of carbonyl (C=O) groups is 1. The van der Waals surface area contributed by atoms with Gasteiger partial charge in [-0.15, -0.1) is 0 Å². The molecule has 0 radical (unpaired) electrons. The molecular weight excluding hydrogens is 268 g/mol. The van der Waals surface area contributed by atoms with E-state index in [9.17, 15) is 4.79 Å². The molecule has 4 heteroatoms. The van der Waals surface area contributed by atoms with E-state index in [1.807, 2.05) is 18.2 Å². The highest BCUT2D eigenvalue weighted by atomic mass is 28.4. The first-order chi connectivity index (χ1) is 9.59. The van der Waals surface area contributed by atoms with Crippen molar-refractivity contribution >= 4 is 14.3 Å². The van der Waals surface area contributed by atoms with Crippen molar-refractivity contribution < 1.29 is 14.0 Å². The average Bonchev–Trinajstić information content (AvgIpc) is 2.44. The summed E-state index contributed by atoms with van der Waals surface area (Å²) < 4.78 is 11.5. The molecular formula is C16H24O3Si. The first-order valence-electron chi connectivity index (χ1n) is 7.49. The van der Waals surface area contributed by atoms with E-state index in [4.69, 9.17) is 9.16 Å². The van der Waals surface area contributed by atoms with Crippen molar-refractivity contribution in [3.05, 3.63) is 35.9 Å². The van der Waals surface area contributed by atoms with Gasteiger partial charge in [0.05, 0.1) is 12.2 Å². The van der Waals surface area contributed by atoms with E-state index in [0.29, 0.717) is 18.3 Å². The lowest BCUT2D eigenvalue weighted by atomic mass is 10.2. The van der Waals surface area contributed by atoms with Gasteiger partial charge in [0, 0.05) is 6.10 Å². The molecule has 0 saturated carbocycles. The molecule has 0 amide bonds. The van der Waals surface area contributed by atoms with Gasteiger partial charge in [-0.3, -0.25) is 0 Å². The highest BCUT2D eigenvalue weighted by Gasteiger charge is 2.33. The molecule has 2 unspecified atom stereocenters. The fourth-order valence-corrected chi connectivity index (χ4v) is 6.24. The number of hydrogen-bond acceptors (Lipinski definition) is 3. The van der Waals surface area contributed by atoms with Crippen LogP contribution in [0.1, 0.15) is 36.5 Å². The first-order valence-corrected chi connectivity index (χ1v) is 10.3. The number of carbonyl (C=O) groups excluding carboxylic acids is 1. The van der Waals surface area contributed by atoms with Crippen molar-refractivity contribution in [3.8, 4) is 0 Å². The molecule has 0 spiro atoms. The SMILES string of the molecule is CC1CCC[Si](C)(CCCOC(=O)c2ccccc2)O1. The van der Waals surface area contributed by atoms with Crippen molar-refractivity contribution in [1.29, 1.82) is 0 Å². The van der Waals surface area contributed by atoms with E-state index < -0.39 is 8.32 Å². The van der Waals surface area contributed by atoms with Crippen molar-refractivity contribution in [1.82, 2.24) is 0 Å². The Labute approximate surface area is 122 Å². The van der Waals surface area contributed by atoms with E-state index in [2.05, 4.69) is 13.5 Å². The minimum atomic E-state index is -1.54. The van der Waals surface area contributed by atoms with E-state index in [1.54, 1.807) is 12.1 Å². The van der Waals surface area contributed by atoms with Gasteiger partial charge in [-0.1, -0.05) is 24.6 Å². The zero-order chi connectivity index (χ0) is 14.4. The Kier molecular flexibility index (Phi) is 5.37.